The van der Waals surface area contributed by atoms with Crippen molar-refractivity contribution in [3.05, 3.63) is 60.2 Å². The van der Waals surface area contributed by atoms with Gasteiger partial charge in [0, 0.05) is 26.2 Å². The number of likely N-dealkylation sites (tertiary alicyclic amines) is 1. The summed E-state index contributed by atoms with van der Waals surface area (Å²) in [7, 11) is 1.59. The summed E-state index contributed by atoms with van der Waals surface area (Å²) in [6.45, 7) is 2.63. The maximum absolute atomic E-state index is 12.5. The largest absolute Gasteiger partial charge is 0.495 e. The van der Waals surface area contributed by atoms with Crippen LogP contribution in [0.25, 0.3) is 0 Å². The fourth-order valence-corrected chi connectivity index (χ4v) is 3.72. The summed E-state index contributed by atoms with van der Waals surface area (Å²) in [5.41, 5.74) is 1.95. The quantitative estimate of drug-likeness (QED) is 0.563. The van der Waals surface area contributed by atoms with Crippen molar-refractivity contribution in [1.29, 1.82) is 0 Å². The Morgan fingerprint density at radius 3 is 2.45 bits per heavy atom. The van der Waals surface area contributed by atoms with E-state index in [0.717, 1.165) is 25.7 Å². The van der Waals surface area contributed by atoms with E-state index >= 15 is 0 Å². The van der Waals surface area contributed by atoms with Crippen LogP contribution in [0.2, 0.25) is 0 Å². The van der Waals surface area contributed by atoms with Crippen LogP contribution in [-0.2, 0) is 6.42 Å². The zero-order chi connectivity index (χ0) is 21.9. The molecule has 0 aromatic heterocycles. The predicted molar refractivity (Wildman–Crippen MR) is 122 cm³/mol. The molecular formula is C24H32N4O3. The number of ether oxygens (including phenoxy) is 1. The topological polar surface area (TPSA) is 82.7 Å². The predicted octanol–water partition coefficient (Wildman–Crippen LogP) is 3.87. The van der Waals surface area contributed by atoms with Crippen LogP contribution in [0.5, 0.6) is 5.75 Å². The van der Waals surface area contributed by atoms with Gasteiger partial charge in [-0.15, -0.1) is 0 Å². The Morgan fingerprint density at radius 2 is 1.71 bits per heavy atom. The van der Waals surface area contributed by atoms with E-state index in [2.05, 4.69) is 28.1 Å². The first-order valence-electron chi connectivity index (χ1n) is 10.9. The van der Waals surface area contributed by atoms with E-state index in [-0.39, 0.29) is 12.1 Å². The normalized spacial score (nSPS) is 14.0. The van der Waals surface area contributed by atoms with Crippen molar-refractivity contribution in [2.24, 2.45) is 5.92 Å². The lowest BCUT2D eigenvalue weighted by Crippen LogP contribution is -2.44. The highest BCUT2D eigenvalue weighted by Crippen LogP contribution is 2.24. The number of benzene rings is 2. The summed E-state index contributed by atoms with van der Waals surface area (Å²) in [6.07, 6.45) is 3.61. The molecule has 31 heavy (non-hydrogen) atoms. The van der Waals surface area contributed by atoms with Gasteiger partial charge in [-0.05, 0) is 49.3 Å². The van der Waals surface area contributed by atoms with Crippen molar-refractivity contribution in [1.82, 2.24) is 15.5 Å². The van der Waals surface area contributed by atoms with Crippen molar-refractivity contribution < 1.29 is 14.3 Å². The van der Waals surface area contributed by atoms with Crippen LogP contribution in [0.1, 0.15) is 24.8 Å². The second-order valence-corrected chi connectivity index (χ2v) is 7.79. The van der Waals surface area contributed by atoms with Crippen LogP contribution >= 0.6 is 0 Å². The minimum Gasteiger partial charge on any atom is -0.495 e. The van der Waals surface area contributed by atoms with E-state index in [0.29, 0.717) is 43.5 Å². The van der Waals surface area contributed by atoms with Crippen molar-refractivity contribution in [3.63, 3.8) is 0 Å². The van der Waals surface area contributed by atoms with E-state index in [9.17, 15) is 9.59 Å². The van der Waals surface area contributed by atoms with Crippen molar-refractivity contribution >= 4 is 17.7 Å². The number of para-hydroxylation sites is 2. The number of anilines is 1. The number of carbonyl (C=O) groups is 2. The number of piperidine rings is 1. The second-order valence-electron chi connectivity index (χ2n) is 7.79. The smallest absolute Gasteiger partial charge is 0.321 e. The maximum atomic E-state index is 12.5. The minimum absolute atomic E-state index is 0.118. The van der Waals surface area contributed by atoms with Gasteiger partial charge in [-0.3, -0.25) is 0 Å². The number of nitrogens with one attached hydrogen (secondary N) is 3. The molecule has 1 heterocycles. The summed E-state index contributed by atoms with van der Waals surface area (Å²) in [4.78, 5) is 26.4. The number of carbonyl (C=O) groups excluding carboxylic acids is 2. The number of hydrogen-bond donors (Lipinski definition) is 3. The zero-order valence-corrected chi connectivity index (χ0v) is 18.1. The molecule has 0 aliphatic carbocycles. The lowest BCUT2D eigenvalue weighted by molar-refractivity contribution is 0.180. The lowest BCUT2D eigenvalue weighted by atomic mass is 9.97. The van der Waals surface area contributed by atoms with Gasteiger partial charge >= 0.3 is 12.1 Å². The highest BCUT2D eigenvalue weighted by Gasteiger charge is 2.23. The van der Waals surface area contributed by atoms with Crippen molar-refractivity contribution in [3.8, 4) is 5.75 Å². The van der Waals surface area contributed by atoms with Gasteiger partial charge in [-0.25, -0.2) is 9.59 Å². The fourth-order valence-electron chi connectivity index (χ4n) is 3.72. The number of rotatable bonds is 8. The number of methoxy groups -OCH3 is 1. The minimum atomic E-state index is -0.121. The monoisotopic (exact) mass is 424 g/mol. The average molecular weight is 425 g/mol. The molecule has 7 heteroatoms. The molecule has 1 fully saturated rings. The highest BCUT2D eigenvalue weighted by atomic mass is 16.5. The Kier molecular flexibility index (Phi) is 8.58. The molecule has 0 radical (unpaired) electrons. The first-order chi connectivity index (χ1) is 15.2. The van der Waals surface area contributed by atoms with Crippen LogP contribution in [0.15, 0.2) is 54.6 Å². The molecule has 1 saturated heterocycles. The summed E-state index contributed by atoms with van der Waals surface area (Å²) in [5.74, 6) is 1.02. The summed E-state index contributed by atoms with van der Waals surface area (Å²) in [6, 6.07) is 17.4. The van der Waals surface area contributed by atoms with Gasteiger partial charge in [-0.1, -0.05) is 42.5 Å². The number of amides is 4. The average Bonchev–Trinajstić information content (AvgIpc) is 2.82. The molecule has 2 aromatic carbocycles. The van der Waals surface area contributed by atoms with Crippen LogP contribution in [0, 0.1) is 5.92 Å². The number of urea groups is 2. The molecule has 0 bridgehead atoms. The standard InChI is InChI=1S/C24H32N4O3/c1-31-22-12-6-5-11-21(22)27-24(30)28-16-13-20(14-17-28)18-26-23(29)25-15-7-10-19-8-3-2-4-9-19/h2-6,8-9,11-12,20H,7,10,13-18H2,1H3,(H,27,30)(H2,25,26,29). The molecule has 0 spiro atoms. The molecule has 1 aliphatic rings. The Labute approximate surface area is 184 Å². The Morgan fingerprint density at radius 1 is 1.00 bits per heavy atom. The molecule has 4 amide bonds. The van der Waals surface area contributed by atoms with Gasteiger partial charge in [-0.2, -0.15) is 0 Å². The number of aryl methyl sites for hydroxylation is 1. The second kappa shape index (κ2) is 11.8. The first-order valence-corrected chi connectivity index (χ1v) is 10.9. The Balaban J connectivity index is 1.30. The summed E-state index contributed by atoms with van der Waals surface area (Å²) < 4.78 is 5.28. The molecule has 3 rings (SSSR count). The van der Waals surface area contributed by atoms with Gasteiger partial charge in [0.1, 0.15) is 5.75 Å². The van der Waals surface area contributed by atoms with Crippen LogP contribution in [0.4, 0.5) is 15.3 Å². The van der Waals surface area contributed by atoms with E-state index < -0.39 is 0 Å². The third-order valence-electron chi connectivity index (χ3n) is 5.57. The van der Waals surface area contributed by atoms with Crippen molar-refractivity contribution in [2.45, 2.75) is 25.7 Å². The van der Waals surface area contributed by atoms with Gasteiger partial charge in [0.15, 0.2) is 0 Å². The molecular weight excluding hydrogens is 392 g/mol. The van der Waals surface area contributed by atoms with Crippen LogP contribution in [-0.4, -0.2) is 50.3 Å². The summed E-state index contributed by atoms with van der Waals surface area (Å²) in [5, 5.41) is 8.80. The van der Waals surface area contributed by atoms with Crippen LogP contribution in [0.3, 0.4) is 0 Å². The number of hydrogen-bond acceptors (Lipinski definition) is 3. The Bertz CT molecular complexity index is 836. The van der Waals surface area contributed by atoms with E-state index in [1.807, 2.05) is 47.4 Å². The van der Waals surface area contributed by atoms with Gasteiger partial charge in [0.25, 0.3) is 0 Å². The van der Waals surface area contributed by atoms with E-state index in [1.165, 1.54) is 5.56 Å². The highest BCUT2D eigenvalue weighted by molar-refractivity contribution is 5.91. The molecule has 3 N–H and O–H groups in total. The third-order valence-corrected chi connectivity index (χ3v) is 5.57. The molecule has 0 atom stereocenters. The fraction of sp³-hybridized carbons (Fsp3) is 0.417. The Hall–Kier alpha value is -3.22. The lowest BCUT2D eigenvalue weighted by Gasteiger charge is -2.32. The van der Waals surface area contributed by atoms with Gasteiger partial charge in [0.05, 0.1) is 12.8 Å². The molecule has 2 aromatic rings. The molecule has 0 unspecified atom stereocenters. The summed E-state index contributed by atoms with van der Waals surface area (Å²) >= 11 is 0. The molecule has 166 valence electrons. The molecule has 1 aliphatic heterocycles. The SMILES string of the molecule is COc1ccccc1NC(=O)N1CCC(CNC(=O)NCCCc2ccccc2)CC1. The van der Waals surface area contributed by atoms with E-state index in [1.54, 1.807) is 7.11 Å². The van der Waals surface area contributed by atoms with Gasteiger partial charge in [0.2, 0.25) is 0 Å². The van der Waals surface area contributed by atoms with Gasteiger partial charge < -0.3 is 25.6 Å². The van der Waals surface area contributed by atoms with Crippen molar-refractivity contribution in [2.75, 3.05) is 38.6 Å². The molecule has 7 nitrogen and oxygen atoms in total. The van der Waals surface area contributed by atoms with Crippen LogP contribution < -0.4 is 20.7 Å². The number of nitrogens with zero attached hydrogens (tertiary/aromatic N) is 1. The third kappa shape index (κ3) is 7.20. The van der Waals surface area contributed by atoms with E-state index in [4.69, 9.17) is 4.74 Å². The maximum Gasteiger partial charge on any atom is 0.321 e. The first kappa shape index (κ1) is 22.5. The molecule has 0 saturated carbocycles. The zero-order valence-electron chi connectivity index (χ0n) is 18.1.